The van der Waals surface area contributed by atoms with Crippen molar-refractivity contribution in [3.63, 3.8) is 0 Å². The van der Waals surface area contributed by atoms with Gasteiger partial charge in [-0.15, -0.1) is 0 Å². The van der Waals surface area contributed by atoms with Gasteiger partial charge in [-0.05, 0) is 165 Å². The molecule has 0 spiro atoms. The summed E-state index contributed by atoms with van der Waals surface area (Å²) in [4.78, 5) is 6.17. The lowest BCUT2D eigenvalue weighted by atomic mass is 9.87. The summed E-state index contributed by atoms with van der Waals surface area (Å²) in [5, 5.41) is 0. The first-order valence-electron chi connectivity index (χ1n) is 16.9. The molecule has 0 fully saturated rings. The maximum absolute atomic E-state index is 14.5. The molecule has 7 nitrogen and oxygen atoms in total. The molecule has 51 heavy (non-hydrogen) atoms. The fourth-order valence-corrected chi connectivity index (χ4v) is 10.5. The van der Waals surface area contributed by atoms with E-state index in [-0.39, 0.29) is 10.3 Å². The third-order valence-electron chi connectivity index (χ3n) is 7.67. The zero-order valence-corrected chi connectivity index (χ0v) is 32.6. The largest absolute Gasteiger partial charge is 0.489 e. The number of hydrogen-bond donors (Lipinski definition) is 0. The third kappa shape index (κ3) is 9.73. The van der Waals surface area contributed by atoms with Gasteiger partial charge < -0.3 is 14.2 Å². The van der Waals surface area contributed by atoms with Crippen LogP contribution >= 0.6 is 10.3 Å². The maximum Gasteiger partial charge on any atom is 0.307 e. The number of aromatic nitrogens is 1. The second kappa shape index (κ2) is 14.7. The van der Waals surface area contributed by atoms with Crippen molar-refractivity contribution in [2.45, 2.75) is 105 Å². The van der Waals surface area contributed by atoms with Crippen molar-refractivity contribution >= 4 is 20.4 Å². The lowest BCUT2D eigenvalue weighted by Crippen LogP contribution is -2.23. The minimum Gasteiger partial charge on any atom is -0.489 e. The smallest absolute Gasteiger partial charge is 0.307 e. The lowest BCUT2D eigenvalue weighted by molar-refractivity contribution is 0.130. The fourth-order valence-electron chi connectivity index (χ4n) is 5.30. The van der Waals surface area contributed by atoms with Crippen LogP contribution < -0.4 is 14.2 Å². The van der Waals surface area contributed by atoms with Crippen molar-refractivity contribution < 1.29 is 26.3 Å². The highest BCUT2D eigenvalue weighted by Crippen LogP contribution is 2.70. The Kier molecular flexibility index (Phi) is 11.0. The van der Waals surface area contributed by atoms with Crippen LogP contribution in [0.15, 0.2) is 141 Å². The molecule has 1 aromatic heterocycles. The van der Waals surface area contributed by atoms with Gasteiger partial charge in [0.05, 0.1) is 4.90 Å². The van der Waals surface area contributed by atoms with E-state index < -0.39 is 31.6 Å². The Bertz CT molecular complexity index is 1930. The highest BCUT2D eigenvalue weighted by molar-refractivity contribution is 8.33. The third-order valence-corrected chi connectivity index (χ3v) is 12.9. The average Bonchev–Trinajstić information content (AvgIpc) is 3.06. The number of nitrogens with zero attached hydrogens (tertiary/aromatic N) is 1. The number of rotatable bonds is 11. The van der Waals surface area contributed by atoms with Gasteiger partial charge in [-0.25, -0.2) is 3.63 Å². The molecule has 0 bridgehead atoms. The highest BCUT2D eigenvalue weighted by Gasteiger charge is 2.39. The summed E-state index contributed by atoms with van der Waals surface area (Å²) in [5.41, 5.74) is 1.02. The van der Waals surface area contributed by atoms with Crippen LogP contribution in [0.2, 0.25) is 0 Å². The molecule has 1 heterocycles. The molecule has 270 valence electrons. The standard InChI is InChI=1S/C42H49NO6S2/c1-40(2,3)32-10-18-39(19-11-32)51(44,45)49-50(37-22-14-34(15-23-37)47-41(4,5)6,38-24-16-35(17-25-38)48-42(7,8)9)36-20-12-33(13-21-36)46-30-31-26-28-43-29-27-31/h10-29H,30H2,1-9H3. The first-order valence-corrected chi connectivity index (χ1v) is 19.9. The summed E-state index contributed by atoms with van der Waals surface area (Å²) in [5.74, 6) is 1.95. The molecule has 0 N–H and O–H groups in total. The van der Waals surface area contributed by atoms with Crippen LogP contribution in [-0.2, 0) is 25.8 Å². The Morgan fingerprint density at radius 3 is 1.29 bits per heavy atom. The van der Waals surface area contributed by atoms with E-state index >= 15 is 0 Å². The van der Waals surface area contributed by atoms with E-state index in [0.29, 0.717) is 38.5 Å². The quantitative estimate of drug-likeness (QED) is 0.134. The van der Waals surface area contributed by atoms with Gasteiger partial charge in [-0.2, -0.15) is 8.42 Å². The first-order chi connectivity index (χ1) is 23.8. The Hall–Kier alpha value is -4.31. The zero-order valence-electron chi connectivity index (χ0n) is 31.0. The van der Waals surface area contributed by atoms with Gasteiger partial charge in [0.1, 0.15) is 35.1 Å². The minimum absolute atomic E-state index is 0.0741. The molecular weight excluding hydrogens is 679 g/mol. The van der Waals surface area contributed by atoms with Crippen LogP contribution in [-0.4, -0.2) is 24.6 Å². The van der Waals surface area contributed by atoms with E-state index in [1.807, 2.05) is 139 Å². The Morgan fingerprint density at radius 2 is 0.902 bits per heavy atom. The van der Waals surface area contributed by atoms with E-state index in [9.17, 15) is 8.42 Å². The Balaban J connectivity index is 1.67. The number of pyridine rings is 1. The lowest BCUT2D eigenvalue weighted by Gasteiger charge is -2.39. The summed E-state index contributed by atoms with van der Waals surface area (Å²) < 4.78 is 54.0. The highest BCUT2D eigenvalue weighted by atomic mass is 32.3. The van der Waals surface area contributed by atoms with Crippen molar-refractivity contribution in [2.75, 3.05) is 0 Å². The van der Waals surface area contributed by atoms with E-state index in [2.05, 4.69) is 25.8 Å². The second-order valence-electron chi connectivity index (χ2n) is 15.3. The molecule has 0 aliphatic carbocycles. The van der Waals surface area contributed by atoms with Crippen molar-refractivity contribution in [1.82, 2.24) is 4.98 Å². The van der Waals surface area contributed by atoms with Crippen LogP contribution in [0.3, 0.4) is 0 Å². The van der Waals surface area contributed by atoms with E-state index in [4.69, 9.17) is 17.8 Å². The van der Waals surface area contributed by atoms with Crippen LogP contribution in [0, 0.1) is 0 Å². The maximum atomic E-state index is 14.5. The summed E-state index contributed by atoms with van der Waals surface area (Å²) in [7, 11) is -7.27. The van der Waals surface area contributed by atoms with Crippen molar-refractivity contribution in [2.24, 2.45) is 0 Å². The summed E-state index contributed by atoms with van der Waals surface area (Å²) in [6.07, 6.45) is 3.45. The minimum atomic E-state index is -4.32. The molecule has 5 rings (SSSR count). The second-order valence-corrected chi connectivity index (χ2v) is 19.8. The van der Waals surface area contributed by atoms with Gasteiger partial charge in [0, 0.05) is 27.1 Å². The van der Waals surface area contributed by atoms with Gasteiger partial charge in [0.25, 0.3) is 0 Å². The number of ether oxygens (including phenoxy) is 3. The monoisotopic (exact) mass is 727 g/mol. The van der Waals surface area contributed by atoms with Gasteiger partial charge >= 0.3 is 10.1 Å². The summed E-state index contributed by atoms with van der Waals surface area (Å²) in [6.45, 7) is 18.5. The van der Waals surface area contributed by atoms with Crippen LogP contribution in [0.1, 0.15) is 73.4 Å². The van der Waals surface area contributed by atoms with Gasteiger partial charge in [0.15, 0.2) is 0 Å². The topological polar surface area (TPSA) is 84.0 Å². The molecule has 0 atom stereocenters. The molecule has 0 aliphatic heterocycles. The summed E-state index contributed by atoms with van der Waals surface area (Å²) in [6, 6.07) is 33.2. The van der Waals surface area contributed by atoms with E-state index in [1.165, 1.54) is 0 Å². The predicted molar refractivity (Wildman–Crippen MR) is 204 cm³/mol. The molecular formula is C42H49NO6S2. The normalized spacial score (nSPS) is 13.0. The fraction of sp³-hybridized carbons (Fsp3) is 0.310. The molecule has 4 aromatic carbocycles. The average molecular weight is 728 g/mol. The molecule has 0 saturated carbocycles. The number of benzene rings is 4. The molecule has 0 amide bonds. The van der Waals surface area contributed by atoms with Crippen molar-refractivity contribution in [3.05, 3.63) is 133 Å². The SMILES string of the molecule is CC(C)(C)Oc1ccc(S(OS(=O)(=O)c2ccc(C(C)(C)C)cc2)(c2ccc(OCc3ccncc3)cc2)c2ccc(OC(C)(C)C)cc2)cc1. The molecule has 0 unspecified atom stereocenters. The van der Waals surface area contributed by atoms with Crippen LogP contribution in [0.5, 0.6) is 17.2 Å². The van der Waals surface area contributed by atoms with Gasteiger partial charge in [0.2, 0.25) is 0 Å². The Labute approximate surface area is 305 Å². The van der Waals surface area contributed by atoms with Crippen LogP contribution in [0.4, 0.5) is 0 Å². The van der Waals surface area contributed by atoms with Gasteiger partial charge in [-0.1, -0.05) is 32.9 Å². The van der Waals surface area contributed by atoms with E-state index in [1.54, 1.807) is 24.5 Å². The molecule has 9 heteroatoms. The Morgan fingerprint density at radius 1 is 0.510 bits per heavy atom. The summed E-state index contributed by atoms with van der Waals surface area (Å²) >= 11 is 0. The number of hydrogen-bond acceptors (Lipinski definition) is 7. The zero-order chi connectivity index (χ0) is 37.1. The molecule has 5 aromatic rings. The van der Waals surface area contributed by atoms with Crippen molar-refractivity contribution in [1.29, 1.82) is 0 Å². The van der Waals surface area contributed by atoms with Crippen molar-refractivity contribution in [3.8, 4) is 17.2 Å². The van der Waals surface area contributed by atoms with Crippen LogP contribution in [0.25, 0.3) is 0 Å². The predicted octanol–water partition coefficient (Wildman–Crippen LogP) is 10.9. The molecule has 0 aliphatic rings. The molecule has 0 radical (unpaired) electrons. The first kappa shape index (κ1) is 37.9. The van der Waals surface area contributed by atoms with Gasteiger partial charge in [-0.3, -0.25) is 4.98 Å². The van der Waals surface area contributed by atoms with E-state index in [0.717, 1.165) is 11.1 Å². The molecule has 0 saturated heterocycles.